The second kappa shape index (κ2) is 6.48. The number of nitrogens with one attached hydrogen (secondary N) is 1. The fourth-order valence-corrected chi connectivity index (χ4v) is 1.46. The fourth-order valence-electron chi connectivity index (χ4n) is 1.46. The summed E-state index contributed by atoms with van der Waals surface area (Å²) < 4.78 is 0. The average molecular weight is 266 g/mol. The predicted molar refractivity (Wildman–Crippen MR) is 66.8 cm³/mol. The normalized spacial score (nSPS) is 11.6. The number of rotatable bonds is 6. The SMILES string of the molecule is CCC(CNC(=O)c1ccc([N+](=O)[O-])cc1)C(=O)O. The summed E-state index contributed by atoms with van der Waals surface area (Å²) in [6.07, 6.45) is 0.413. The van der Waals surface area contributed by atoms with Crippen molar-refractivity contribution in [3.63, 3.8) is 0 Å². The Morgan fingerprint density at radius 1 is 1.37 bits per heavy atom. The van der Waals surface area contributed by atoms with Crippen LogP contribution in [0.1, 0.15) is 23.7 Å². The van der Waals surface area contributed by atoms with Gasteiger partial charge in [0.25, 0.3) is 11.6 Å². The van der Waals surface area contributed by atoms with Crippen molar-refractivity contribution in [3.8, 4) is 0 Å². The Morgan fingerprint density at radius 3 is 2.37 bits per heavy atom. The van der Waals surface area contributed by atoms with Crippen molar-refractivity contribution in [2.24, 2.45) is 5.92 Å². The monoisotopic (exact) mass is 266 g/mol. The summed E-state index contributed by atoms with van der Waals surface area (Å²) in [5, 5.41) is 21.8. The Hall–Kier alpha value is -2.44. The van der Waals surface area contributed by atoms with E-state index in [9.17, 15) is 19.7 Å². The van der Waals surface area contributed by atoms with Crippen molar-refractivity contribution >= 4 is 17.6 Å². The molecule has 0 saturated heterocycles. The van der Waals surface area contributed by atoms with E-state index in [1.165, 1.54) is 24.3 Å². The van der Waals surface area contributed by atoms with Crippen LogP contribution in [-0.2, 0) is 4.79 Å². The van der Waals surface area contributed by atoms with Crippen molar-refractivity contribution in [1.29, 1.82) is 0 Å². The third kappa shape index (κ3) is 4.06. The lowest BCUT2D eigenvalue weighted by Gasteiger charge is -2.10. The number of carbonyl (C=O) groups excluding carboxylic acids is 1. The van der Waals surface area contributed by atoms with E-state index < -0.39 is 22.7 Å². The van der Waals surface area contributed by atoms with Gasteiger partial charge in [-0.1, -0.05) is 6.92 Å². The molecule has 0 aliphatic rings. The van der Waals surface area contributed by atoms with Crippen molar-refractivity contribution in [1.82, 2.24) is 5.32 Å². The molecule has 1 aromatic carbocycles. The summed E-state index contributed by atoms with van der Waals surface area (Å²) in [6.45, 7) is 1.75. The quantitative estimate of drug-likeness (QED) is 0.598. The molecule has 1 atom stereocenters. The van der Waals surface area contributed by atoms with Crippen molar-refractivity contribution in [2.75, 3.05) is 6.54 Å². The van der Waals surface area contributed by atoms with Crippen LogP contribution < -0.4 is 5.32 Å². The molecule has 0 heterocycles. The molecule has 0 fully saturated rings. The Bertz CT molecular complexity index is 483. The first-order chi connectivity index (χ1) is 8.95. The van der Waals surface area contributed by atoms with Crippen molar-refractivity contribution < 1.29 is 19.6 Å². The molecule has 7 heteroatoms. The number of carboxylic acid groups (broad SMARTS) is 1. The fraction of sp³-hybridized carbons (Fsp3) is 0.333. The standard InChI is InChI=1S/C12H14N2O5/c1-2-8(12(16)17)7-13-11(15)9-3-5-10(6-4-9)14(18)19/h3-6,8H,2,7H2,1H3,(H,13,15)(H,16,17). The number of amides is 1. The van der Waals surface area contributed by atoms with Gasteiger partial charge in [0.05, 0.1) is 10.8 Å². The topological polar surface area (TPSA) is 110 Å². The summed E-state index contributed by atoms with van der Waals surface area (Å²) in [5.41, 5.74) is 0.152. The maximum atomic E-state index is 11.7. The molecule has 1 amide bonds. The number of carboxylic acids is 1. The first-order valence-electron chi connectivity index (χ1n) is 5.71. The van der Waals surface area contributed by atoms with Gasteiger partial charge in [0.2, 0.25) is 0 Å². The molecule has 1 aromatic rings. The van der Waals surface area contributed by atoms with Gasteiger partial charge in [-0.2, -0.15) is 0 Å². The number of nitro groups is 1. The number of carbonyl (C=O) groups is 2. The van der Waals surface area contributed by atoms with Crippen LogP contribution >= 0.6 is 0 Å². The molecule has 0 aliphatic heterocycles. The van der Waals surface area contributed by atoms with E-state index in [1.807, 2.05) is 0 Å². The van der Waals surface area contributed by atoms with Crippen LogP contribution in [0.25, 0.3) is 0 Å². The molecule has 2 N–H and O–H groups in total. The summed E-state index contributed by atoms with van der Waals surface area (Å²) in [5.74, 6) is -2.05. The van der Waals surface area contributed by atoms with Crippen LogP contribution in [-0.4, -0.2) is 28.5 Å². The first kappa shape index (κ1) is 14.6. The van der Waals surface area contributed by atoms with Crippen LogP contribution in [0.2, 0.25) is 0 Å². The lowest BCUT2D eigenvalue weighted by Crippen LogP contribution is -2.32. The van der Waals surface area contributed by atoms with E-state index in [1.54, 1.807) is 6.92 Å². The molecule has 19 heavy (non-hydrogen) atoms. The third-order valence-electron chi connectivity index (χ3n) is 2.69. The van der Waals surface area contributed by atoms with Gasteiger partial charge in [-0.05, 0) is 18.6 Å². The van der Waals surface area contributed by atoms with Gasteiger partial charge < -0.3 is 10.4 Å². The maximum Gasteiger partial charge on any atom is 0.308 e. The van der Waals surface area contributed by atoms with Crippen molar-refractivity contribution in [2.45, 2.75) is 13.3 Å². The zero-order valence-electron chi connectivity index (χ0n) is 10.3. The van der Waals surface area contributed by atoms with E-state index in [0.717, 1.165) is 0 Å². The summed E-state index contributed by atoms with van der Waals surface area (Å²) in [4.78, 5) is 32.4. The lowest BCUT2D eigenvalue weighted by atomic mass is 10.1. The molecule has 7 nitrogen and oxygen atoms in total. The van der Waals surface area contributed by atoms with Gasteiger partial charge in [-0.3, -0.25) is 19.7 Å². The summed E-state index contributed by atoms with van der Waals surface area (Å²) in [7, 11) is 0. The number of hydrogen-bond acceptors (Lipinski definition) is 4. The minimum absolute atomic E-state index is 0.0294. The molecule has 1 rings (SSSR count). The Morgan fingerprint density at radius 2 is 1.95 bits per heavy atom. The Kier molecular flexibility index (Phi) is 4.99. The van der Waals surface area contributed by atoms with Crippen LogP contribution in [0.5, 0.6) is 0 Å². The Labute approximate surface area is 109 Å². The van der Waals surface area contributed by atoms with Gasteiger partial charge in [-0.15, -0.1) is 0 Å². The summed E-state index contributed by atoms with van der Waals surface area (Å²) >= 11 is 0. The highest BCUT2D eigenvalue weighted by Gasteiger charge is 2.16. The van der Waals surface area contributed by atoms with Crippen molar-refractivity contribution in [3.05, 3.63) is 39.9 Å². The Balaban J connectivity index is 2.63. The molecule has 102 valence electrons. The highest BCUT2D eigenvalue weighted by Crippen LogP contribution is 2.12. The van der Waals surface area contributed by atoms with E-state index in [0.29, 0.717) is 6.42 Å². The molecule has 0 saturated carbocycles. The molecule has 0 radical (unpaired) electrons. The number of hydrogen-bond donors (Lipinski definition) is 2. The molecule has 1 unspecified atom stereocenters. The second-order valence-corrected chi connectivity index (χ2v) is 3.96. The number of aliphatic carboxylic acids is 1. The van der Waals surface area contributed by atoms with Crippen LogP contribution in [0.3, 0.4) is 0 Å². The highest BCUT2D eigenvalue weighted by molar-refractivity contribution is 5.94. The lowest BCUT2D eigenvalue weighted by molar-refractivity contribution is -0.384. The van der Waals surface area contributed by atoms with Gasteiger partial charge in [0.15, 0.2) is 0 Å². The van der Waals surface area contributed by atoms with E-state index >= 15 is 0 Å². The molecule has 0 spiro atoms. The van der Waals surface area contributed by atoms with Crippen LogP contribution in [0.4, 0.5) is 5.69 Å². The van der Waals surface area contributed by atoms with Gasteiger partial charge in [0, 0.05) is 24.2 Å². The van der Waals surface area contributed by atoms with E-state index in [-0.39, 0.29) is 17.8 Å². The summed E-state index contributed by atoms with van der Waals surface area (Å²) in [6, 6.07) is 5.11. The average Bonchev–Trinajstić information content (AvgIpc) is 2.38. The van der Waals surface area contributed by atoms with E-state index in [2.05, 4.69) is 5.32 Å². The highest BCUT2D eigenvalue weighted by atomic mass is 16.6. The predicted octanol–water partition coefficient (Wildman–Crippen LogP) is 1.44. The van der Waals surface area contributed by atoms with Gasteiger partial charge in [-0.25, -0.2) is 0 Å². The zero-order chi connectivity index (χ0) is 14.4. The molecular formula is C12H14N2O5. The zero-order valence-corrected chi connectivity index (χ0v) is 10.3. The number of nitro benzene ring substituents is 1. The smallest absolute Gasteiger partial charge is 0.308 e. The minimum atomic E-state index is -0.966. The number of nitrogens with zero attached hydrogens (tertiary/aromatic N) is 1. The maximum absolute atomic E-state index is 11.7. The van der Waals surface area contributed by atoms with Gasteiger partial charge in [0.1, 0.15) is 0 Å². The van der Waals surface area contributed by atoms with Gasteiger partial charge >= 0.3 is 5.97 Å². The molecule has 0 aromatic heterocycles. The first-order valence-corrected chi connectivity index (χ1v) is 5.71. The largest absolute Gasteiger partial charge is 0.481 e. The molecular weight excluding hydrogens is 252 g/mol. The molecule has 0 aliphatic carbocycles. The van der Waals surface area contributed by atoms with Crippen LogP contribution in [0, 0.1) is 16.0 Å². The second-order valence-electron chi connectivity index (χ2n) is 3.96. The van der Waals surface area contributed by atoms with Crippen LogP contribution in [0.15, 0.2) is 24.3 Å². The number of benzene rings is 1. The van der Waals surface area contributed by atoms with E-state index in [4.69, 9.17) is 5.11 Å². The number of non-ortho nitro benzene ring substituents is 1. The molecule has 0 bridgehead atoms. The minimum Gasteiger partial charge on any atom is -0.481 e. The third-order valence-corrected chi connectivity index (χ3v) is 2.69.